The molecule has 0 aromatic heterocycles. The first-order chi connectivity index (χ1) is 7.31. The van der Waals surface area contributed by atoms with Crippen molar-refractivity contribution < 1.29 is 23.1 Å². The van der Waals surface area contributed by atoms with Crippen molar-refractivity contribution in [3.8, 4) is 0 Å². The van der Waals surface area contributed by atoms with Crippen LogP contribution in [0, 0.1) is 0 Å². The number of hydrogen-bond donors (Lipinski definition) is 0. The first-order valence-corrected chi connectivity index (χ1v) is 6.69. The van der Waals surface area contributed by atoms with Crippen molar-refractivity contribution in [3.05, 3.63) is 0 Å². The van der Waals surface area contributed by atoms with Gasteiger partial charge in [0.05, 0.1) is 13.2 Å². The lowest BCUT2D eigenvalue weighted by Gasteiger charge is -2.27. The van der Waals surface area contributed by atoms with Crippen molar-refractivity contribution in [1.82, 2.24) is 0 Å². The molecule has 2 aliphatic rings. The van der Waals surface area contributed by atoms with Crippen LogP contribution in [0.5, 0.6) is 0 Å². The molecule has 6 heteroatoms. The van der Waals surface area contributed by atoms with Gasteiger partial charge in [-0.05, 0) is 27.7 Å². The Morgan fingerprint density at radius 2 is 1.31 bits per heavy atom. The molecule has 0 aromatic carbocycles. The molecule has 0 saturated carbocycles. The summed E-state index contributed by atoms with van der Waals surface area (Å²) in [5.41, 5.74) is -1.09. The minimum atomic E-state index is -2.52. The molecule has 2 unspecified atom stereocenters. The van der Waals surface area contributed by atoms with Gasteiger partial charge in [-0.15, -0.1) is 0 Å². The molecule has 0 aromatic rings. The second-order valence-corrected chi connectivity index (χ2v) is 6.21. The molecule has 2 saturated heterocycles. The van der Waals surface area contributed by atoms with Crippen molar-refractivity contribution in [2.45, 2.75) is 51.1 Å². The van der Waals surface area contributed by atoms with Crippen LogP contribution in [0.15, 0.2) is 0 Å². The van der Waals surface area contributed by atoms with Gasteiger partial charge < -0.3 is 18.5 Å². The van der Waals surface area contributed by atoms with E-state index in [1.165, 1.54) is 0 Å². The van der Waals surface area contributed by atoms with Gasteiger partial charge >= 0.3 is 8.25 Å². The number of ether oxygens (including phenoxy) is 2. The van der Waals surface area contributed by atoms with Crippen LogP contribution in [0.4, 0.5) is 0 Å². The summed E-state index contributed by atoms with van der Waals surface area (Å²) >= 11 is 0. The molecule has 2 atom stereocenters. The van der Waals surface area contributed by atoms with Crippen molar-refractivity contribution in [2.75, 3.05) is 13.2 Å². The average Bonchev–Trinajstić information content (AvgIpc) is 2.97. The van der Waals surface area contributed by atoms with Gasteiger partial charge in [0.2, 0.25) is 0 Å². The van der Waals surface area contributed by atoms with Crippen molar-refractivity contribution in [2.24, 2.45) is 0 Å². The van der Waals surface area contributed by atoms with Gasteiger partial charge in [-0.25, -0.2) is 0 Å². The van der Waals surface area contributed by atoms with Crippen LogP contribution in [0.1, 0.15) is 27.7 Å². The smallest absolute Gasteiger partial charge is 0.320 e. The zero-order valence-corrected chi connectivity index (χ0v) is 11.1. The maximum atomic E-state index is 11.8. The van der Waals surface area contributed by atoms with E-state index in [0.29, 0.717) is 13.2 Å². The fraction of sp³-hybridized carbons (Fsp3) is 1.00. The first-order valence-electron chi connectivity index (χ1n) is 5.46. The third-order valence-electron chi connectivity index (χ3n) is 2.91. The van der Waals surface area contributed by atoms with E-state index < -0.39 is 19.5 Å². The molecule has 2 aliphatic heterocycles. The molecule has 2 fully saturated rings. The second-order valence-electron chi connectivity index (χ2n) is 5.30. The summed E-state index contributed by atoms with van der Waals surface area (Å²) in [5.74, 6) is 0. The molecule has 2 heterocycles. The van der Waals surface area contributed by atoms with Crippen molar-refractivity contribution >= 4 is 8.25 Å². The highest BCUT2D eigenvalue weighted by Gasteiger charge is 2.45. The monoisotopic (exact) mass is 250 g/mol. The molecule has 94 valence electrons. The summed E-state index contributed by atoms with van der Waals surface area (Å²) < 4.78 is 32.9. The number of hydrogen-bond acceptors (Lipinski definition) is 5. The van der Waals surface area contributed by atoms with E-state index in [1.807, 2.05) is 27.7 Å². The van der Waals surface area contributed by atoms with E-state index in [-0.39, 0.29) is 12.2 Å². The Morgan fingerprint density at radius 3 is 1.56 bits per heavy atom. The van der Waals surface area contributed by atoms with E-state index in [2.05, 4.69) is 0 Å². The second kappa shape index (κ2) is 4.07. The molecule has 2 rings (SSSR count). The Balaban J connectivity index is 1.83. The average molecular weight is 250 g/mol. The van der Waals surface area contributed by atoms with Gasteiger partial charge in [0.25, 0.3) is 0 Å². The Bertz CT molecular complexity index is 266. The largest absolute Gasteiger partial charge is 0.370 e. The van der Waals surface area contributed by atoms with Gasteiger partial charge in [0.1, 0.15) is 23.4 Å². The van der Waals surface area contributed by atoms with Gasteiger partial charge in [0, 0.05) is 0 Å². The lowest BCUT2D eigenvalue weighted by atomic mass is 10.1. The van der Waals surface area contributed by atoms with E-state index in [4.69, 9.17) is 18.5 Å². The summed E-state index contributed by atoms with van der Waals surface area (Å²) in [6.07, 6.45) is 0.0654. The fourth-order valence-corrected chi connectivity index (χ4v) is 2.64. The third kappa shape index (κ3) is 3.05. The van der Waals surface area contributed by atoms with Crippen LogP contribution in [-0.2, 0) is 23.1 Å². The molecule has 0 bridgehead atoms. The molecule has 0 spiro atoms. The van der Waals surface area contributed by atoms with Crippen LogP contribution in [0.25, 0.3) is 0 Å². The highest BCUT2D eigenvalue weighted by Crippen LogP contribution is 2.43. The zero-order valence-electron chi connectivity index (χ0n) is 10.1. The minimum absolute atomic E-state index is 0.0327. The molecule has 0 radical (unpaired) electrons. The standard InChI is InChI=1S/C10H19O5P/c1-9(2,7-5-12-7)14-16(11)15-10(3,4)8-6-13-8/h7-8,16H,5-6H2,1-4H3. The van der Waals surface area contributed by atoms with E-state index in [9.17, 15) is 4.57 Å². The molecular formula is C10H19O5P. The van der Waals surface area contributed by atoms with Crippen LogP contribution in [0.3, 0.4) is 0 Å². The maximum Gasteiger partial charge on any atom is 0.320 e. The van der Waals surface area contributed by atoms with Gasteiger partial charge in [0.15, 0.2) is 0 Å². The van der Waals surface area contributed by atoms with Crippen molar-refractivity contribution in [3.63, 3.8) is 0 Å². The van der Waals surface area contributed by atoms with E-state index >= 15 is 0 Å². The lowest BCUT2D eigenvalue weighted by molar-refractivity contribution is 0.0188. The lowest BCUT2D eigenvalue weighted by Crippen LogP contribution is -2.32. The summed E-state index contributed by atoms with van der Waals surface area (Å²) in [4.78, 5) is 0. The third-order valence-corrected chi connectivity index (χ3v) is 4.30. The molecule has 0 N–H and O–H groups in total. The highest BCUT2D eigenvalue weighted by molar-refractivity contribution is 7.33. The van der Waals surface area contributed by atoms with Crippen molar-refractivity contribution in [1.29, 1.82) is 0 Å². The van der Waals surface area contributed by atoms with Crippen LogP contribution in [-0.4, -0.2) is 36.6 Å². The summed E-state index contributed by atoms with van der Waals surface area (Å²) in [5, 5.41) is 0. The predicted octanol–water partition coefficient (Wildman–Crippen LogP) is 1.76. The Kier molecular flexibility index (Phi) is 3.19. The highest BCUT2D eigenvalue weighted by atomic mass is 31.1. The van der Waals surface area contributed by atoms with Crippen LogP contribution in [0.2, 0.25) is 0 Å². The van der Waals surface area contributed by atoms with Gasteiger partial charge in [-0.1, -0.05) is 0 Å². The Hall–Kier alpha value is 0.0700. The zero-order chi connectivity index (χ0) is 12.0. The summed E-state index contributed by atoms with van der Waals surface area (Å²) in [7, 11) is -2.52. The Morgan fingerprint density at radius 1 is 1.00 bits per heavy atom. The topological polar surface area (TPSA) is 60.6 Å². The molecule has 16 heavy (non-hydrogen) atoms. The molecule has 5 nitrogen and oxygen atoms in total. The summed E-state index contributed by atoms with van der Waals surface area (Å²) in [6, 6.07) is 0. The van der Waals surface area contributed by atoms with Gasteiger partial charge in [-0.2, -0.15) is 0 Å². The SMILES string of the molecule is CC(C)(O[PH](=O)OC(C)(C)C1CO1)C1CO1. The van der Waals surface area contributed by atoms with E-state index in [0.717, 1.165) is 0 Å². The number of rotatable bonds is 6. The quantitative estimate of drug-likeness (QED) is 0.531. The Labute approximate surface area is 96.3 Å². The minimum Gasteiger partial charge on any atom is -0.370 e. The van der Waals surface area contributed by atoms with Crippen LogP contribution >= 0.6 is 8.25 Å². The molecule has 0 amide bonds. The molecular weight excluding hydrogens is 231 g/mol. The first kappa shape index (κ1) is 12.5. The van der Waals surface area contributed by atoms with E-state index in [1.54, 1.807) is 0 Å². The van der Waals surface area contributed by atoms with Gasteiger partial charge in [-0.3, -0.25) is 4.57 Å². The number of epoxide rings is 2. The predicted molar refractivity (Wildman–Crippen MR) is 58.8 cm³/mol. The summed E-state index contributed by atoms with van der Waals surface area (Å²) in [6.45, 7) is 8.76. The fourth-order valence-electron chi connectivity index (χ4n) is 1.48. The van der Waals surface area contributed by atoms with Crippen LogP contribution < -0.4 is 0 Å². The normalized spacial score (nSPS) is 31.2. The maximum absolute atomic E-state index is 11.8. The molecule has 0 aliphatic carbocycles.